The van der Waals surface area contributed by atoms with Gasteiger partial charge < -0.3 is 9.32 Å². The van der Waals surface area contributed by atoms with Crippen LogP contribution in [0.2, 0.25) is 0 Å². The molecule has 2 nitrogen and oxygen atoms in total. The van der Waals surface area contributed by atoms with Crippen LogP contribution in [0.1, 0.15) is 22.3 Å². The molecule has 9 aromatic carbocycles. The molecule has 0 fully saturated rings. The maximum Gasteiger partial charge on any atom is 0.159 e. The van der Waals surface area contributed by atoms with E-state index in [1.165, 1.54) is 58.9 Å². The van der Waals surface area contributed by atoms with Crippen LogP contribution in [0.5, 0.6) is 0 Å². The van der Waals surface area contributed by atoms with Gasteiger partial charge >= 0.3 is 0 Å². The topological polar surface area (TPSA) is 16.4 Å². The summed E-state index contributed by atoms with van der Waals surface area (Å²) < 4.78 is 9.64. The molecule has 0 spiro atoms. The number of fused-ring (bicyclic) bond motifs is 11. The highest BCUT2D eigenvalue weighted by atomic mass is 32.1. The Kier molecular flexibility index (Phi) is 6.75. The van der Waals surface area contributed by atoms with Crippen molar-refractivity contribution in [1.29, 1.82) is 0 Å². The summed E-state index contributed by atoms with van der Waals surface area (Å²) in [5, 5.41) is 7.09. The van der Waals surface area contributed by atoms with Crippen LogP contribution in [0.15, 0.2) is 205 Å². The predicted octanol–water partition coefficient (Wildman–Crippen LogP) is 14.9. The standard InChI is InChI=1S/C53H33NOS/c1-3-16-35(17-4-1)53(36-18-5-2-6-19-36)44-24-11-9-22-43(44)50-45(53)25-14-26-46(50)54(37-30-32-40-39-21-10-12-28-48(39)56-49(40)33-37)47-27-13-23-41-42-31-29-34-15-7-8-20-38(34)51(42)55-52(41)47/h1-33H. The van der Waals surface area contributed by atoms with Crippen molar-refractivity contribution in [1.82, 2.24) is 0 Å². The molecule has 11 aromatic rings. The van der Waals surface area contributed by atoms with Gasteiger partial charge in [-0.25, -0.2) is 0 Å². The fourth-order valence-corrected chi connectivity index (χ4v) is 10.7. The highest BCUT2D eigenvalue weighted by Gasteiger charge is 2.47. The second-order valence-electron chi connectivity index (χ2n) is 14.8. The summed E-state index contributed by atoms with van der Waals surface area (Å²) in [4.78, 5) is 2.46. The van der Waals surface area contributed by atoms with Crippen LogP contribution < -0.4 is 4.90 Å². The maximum absolute atomic E-state index is 7.09. The van der Waals surface area contributed by atoms with Crippen LogP contribution in [0.3, 0.4) is 0 Å². The van der Waals surface area contributed by atoms with Gasteiger partial charge in [-0.3, -0.25) is 0 Å². The molecule has 2 heterocycles. The molecule has 0 atom stereocenters. The third-order valence-electron chi connectivity index (χ3n) is 11.9. The molecular weight excluding hydrogens is 699 g/mol. The van der Waals surface area contributed by atoms with E-state index in [1.807, 2.05) is 11.3 Å². The van der Waals surface area contributed by atoms with E-state index in [1.54, 1.807) is 0 Å². The van der Waals surface area contributed by atoms with Gasteiger partial charge in [-0.15, -0.1) is 11.3 Å². The highest BCUT2D eigenvalue weighted by Crippen LogP contribution is 2.60. The van der Waals surface area contributed by atoms with Crippen molar-refractivity contribution in [2.45, 2.75) is 5.41 Å². The number of furan rings is 1. The van der Waals surface area contributed by atoms with Crippen molar-refractivity contribution in [2.24, 2.45) is 0 Å². The Labute approximate surface area is 328 Å². The van der Waals surface area contributed by atoms with Crippen molar-refractivity contribution >= 4 is 81.3 Å². The number of hydrogen-bond donors (Lipinski definition) is 0. The van der Waals surface area contributed by atoms with Crippen LogP contribution >= 0.6 is 11.3 Å². The second kappa shape index (κ2) is 12.0. The highest BCUT2D eigenvalue weighted by molar-refractivity contribution is 7.25. The number of para-hydroxylation sites is 1. The van der Waals surface area contributed by atoms with E-state index in [0.29, 0.717) is 0 Å². The Morgan fingerprint density at radius 1 is 0.411 bits per heavy atom. The van der Waals surface area contributed by atoms with E-state index >= 15 is 0 Å². The number of rotatable bonds is 5. The summed E-state index contributed by atoms with van der Waals surface area (Å²) >= 11 is 1.85. The van der Waals surface area contributed by atoms with Gasteiger partial charge in [0.05, 0.1) is 16.8 Å². The largest absolute Gasteiger partial charge is 0.453 e. The van der Waals surface area contributed by atoms with Crippen molar-refractivity contribution < 1.29 is 4.42 Å². The zero-order valence-corrected chi connectivity index (χ0v) is 31.1. The van der Waals surface area contributed by atoms with Crippen LogP contribution in [-0.4, -0.2) is 0 Å². The minimum Gasteiger partial charge on any atom is -0.453 e. The first-order chi connectivity index (χ1) is 27.8. The van der Waals surface area contributed by atoms with Crippen LogP contribution in [0.25, 0.3) is 64.0 Å². The van der Waals surface area contributed by atoms with Gasteiger partial charge in [0.1, 0.15) is 5.58 Å². The fraction of sp³-hybridized carbons (Fsp3) is 0.0189. The minimum absolute atomic E-state index is 0.518. The first kappa shape index (κ1) is 31.4. The first-order valence-corrected chi connectivity index (χ1v) is 20.0. The van der Waals surface area contributed by atoms with Crippen LogP contribution in [0.4, 0.5) is 17.1 Å². The number of hydrogen-bond acceptors (Lipinski definition) is 3. The molecule has 0 aliphatic heterocycles. The van der Waals surface area contributed by atoms with Gasteiger partial charge in [-0.05, 0) is 69.6 Å². The molecule has 262 valence electrons. The van der Waals surface area contributed by atoms with Crippen LogP contribution in [-0.2, 0) is 5.41 Å². The Bertz CT molecular complexity index is 3280. The Morgan fingerprint density at radius 2 is 1.02 bits per heavy atom. The smallest absolute Gasteiger partial charge is 0.159 e. The monoisotopic (exact) mass is 731 g/mol. The summed E-state index contributed by atoms with van der Waals surface area (Å²) in [5.74, 6) is 0. The minimum atomic E-state index is -0.518. The molecule has 0 radical (unpaired) electrons. The van der Waals surface area contributed by atoms with E-state index < -0.39 is 5.41 Å². The van der Waals surface area contributed by atoms with Crippen LogP contribution in [0, 0.1) is 0 Å². The normalized spacial score (nSPS) is 13.1. The molecule has 0 saturated carbocycles. The average Bonchev–Trinajstić information content (AvgIpc) is 3.93. The fourth-order valence-electron chi connectivity index (χ4n) is 9.61. The number of nitrogens with zero attached hydrogens (tertiary/aromatic N) is 1. The molecule has 0 unspecified atom stereocenters. The van der Waals surface area contributed by atoms with Crippen molar-refractivity contribution in [3.05, 3.63) is 222 Å². The lowest BCUT2D eigenvalue weighted by atomic mass is 9.68. The van der Waals surface area contributed by atoms with Gasteiger partial charge in [-0.2, -0.15) is 0 Å². The Balaban J connectivity index is 1.20. The molecule has 2 aromatic heterocycles. The molecule has 0 N–H and O–H groups in total. The molecule has 3 heteroatoms. The zero-order chi connectivity index (χ0) is 36.8. The SMILES string of the molecule is c1ccc(C2(c3ccccc3)c3ccccc3-c3c(N(c4ccc5c(c4)sc4ccccc45)c4cccc5c4oc4c6ccccc6ccc54)cccc32)cc1. The number of benzene rings is 9. The summed E-state index contributed by atoms with van der Waals surface area (Å²) in [5.41, 5.74) is 12.0. The van der Waals surface area contributed by atoms with Gasteiger partial charge in [0.15, 0.2) is 5.58 Å². The Hall–Kier alpha value is -6.94. The molecular formula is C53H33NOS. The molecule has 0 saturated heterocycles. The van der Waals surface area contributed by atoms with E-state index in [2.05, 4.69) is 205 Å². The number of thiophene rings is 1. The third kappa shape index (κ3) is 4.32. The summed E-state index contributed by atoms with van der Waals surface area (Å²) in [6.07, 6.45) is 0. The zero-order valence-electron chi connectivity index (χ0n) is 30.3. The Morgan fingerprint density at radius 3 is 1.86 bits per heavy atom. The molecule has 12 rings (SSSR count). The molecule has 0 bridgehead atoms. The third-order valence-corrected chi connectivity index (χ3v) is 13.1. The van der Waals surface area contributed by atoms with E-state index in [0.717, 1.165) is 44.4 Å². The molecule has 0 amide bonds. The quantitative estimate of drug-likeness (QED) is 0.175. The van der Waals surface area contributed by atoms with Gasteiger partial charge in [0.25, 0.3) is 0 Å². The lowest BCUT2D eigenvalue weighted by Gasteiger charge is -2.34. The number of anilines is 3. The van der Waals surface area contributed by atoms with E-state index in [-0.39, 0.29) is 0 Å². The average molecular weight is 732 g/mol. The van der Waals surface area contributed by atoms with Gasteiger partial charge in [-0.1, -0.05) is 164 Å². The van der Waals surface area contributed by atoms with E-state index in [4.69, 9.17) is 4.42 Å². The summed E-state index contributed by atoms with van der Waals surface area (Å²) in [6, 6.07) is 73.2. The van der Waals surface area contributed by atoms with E-state index in [9.17, 15) is 0 Å². The van der Waals surface area contributed by atoms with Crippen molar-refractivity contribution in [2.75, 3.05) is 4.90 Å². The van der Waals surface area contributed by atoms with Gasteiger partial charge in [0, 0.05) is 47.6 Å². The molecule has 1 aliphatic carbocycles. The summed E-state index contributed by atoms with van der Waals surface area (Å²) in [6.45, 7) is 0. The van der Waals surface area contributed by atoms with Crippen molar-refractivity contribution in [3.8, 4) is 11.1 Å². The second-order valence-corrected chi connectivity index (χ2v) is 15.8. The summed E-state index contributed by atoms with van der Waals surface area (Å²) in [7, 11) is 0. The van der Waals surface area contributed by atoms with Crippen molar-refractivity contribution in [3.63, 3.8) is 0 Å². The molecule has 1 aliphatic rings. The lowest BCUT2D eigenvalue weighted by Crippen LogP contribution is -2.28. The van der Waals surface area contributed by atoms with Gasteiger partial charge in [0.2, 0.25) is 0 Å². The first-order valence-electron chi connectivity index (χ1n) is 19.2. The predicted molar refractivity (Wildman–Crippen MR) is 236 cm³/mol. The lowest BCUT2D eigenvalue weighted by molar-refractivity contribution is 0.673. The molecule has 56 heavy (non-hydrogen) atoms. The maximum atomic E-state index is 7.09.